The summed E-state index contributed by atoms with van der Waals surface area (Å²) in [4.78, 5) is 26.0. The number of rotatable bonds is 4. The van der Waals surface area contributed by atoms with Gasteiger partial charge >= 0.3 is 0 Å². The van der Waals surface area contributed by atoms with Gasteiger partial charge in [-0.15, -0.1) is 22.7 Å². The summed E-state index contributed by atoms with van der Waals surface area (Å²) in [5, 5.41) is 6.35. The second-order valence-electron chi connectivity index (χ2n) is 6.24. The van der Waals surface area contributed by atoms with Gasteiger partial charge in [-0.3, -0.25) is 9.69 Å². The maximum absolute atomic E-state index is 12.4. The van der Waals surface area contributed by atoms with Crippen LogP contribution in [0, 0.1) is 6.92 Å². The lowest BCUT2D eigenvalue weighted by Gasteiger charge is -2.39. The minimum absolute atomic E-state index is 0.285. The van der Waals surface area contributed by atoms with Gasteiger partial charge < -0.3 is 4.90 Å². The molecule has 0 bridgehead atoms. The van der Waals surface area contributed by atoms with Gasteiger partial charge in [0, 0.05) is 42.0 Å². The first-order valence-electron chi connectivity index (χ1n) is 8.03. The van der Waals surface area contributed by atoms with Crippen LogP contribution < -0.4 is 0 Å². The lowest BCUT2D eigenvalue weighted by Crippen LogP contribution is -2.51. The van der Waals surface area contributed by atoms with Crippen LogP contribution in [0.5, 0.6) is 0 Å². The van der Waals surface area contributed by atoms with Crippen LogP contribution in [0.4, 0.5) is 0 Å². The zero-order valence-electron chi connectivity index (χ0n) is 13.1. The number of piperidine rings is 1. The van der Waals surface area contributed by atoms with Gasteiger partial charge in [-0.2, -0.15) is 0 Å². The van der Waals surface area contributed by atoms with Gasteiger partial charge in [-0.25, -0.2) is 9.97 Å². The number of hydrogen-bond acceptors (Lipinski definition) is 6. The van der Waals surface area contributed by atoms with Gasteiger partial charge in [-0.1, -0.05) is 0 Å². The Bertz CT molecular complexity index is 684. The molecule has 2 aliphatic heterocycles. The van der Waals surface area contributed by atoms with Crippen LogP contribution in [-0.4, -0.2) is 44.3 Å². The van der Waals surface area contributed by atoms with Gasteiger partial charge in [-0.05, 0) is 19.8 Å². The average molecular weight is 348 g/mol. The lowest BCUT2D eigenvalue weighted by molar-refractivity contribution is -0.138. The molecule has 2 aromatic rings. The van der Waals surface area contributed by atoms with Crippen LogP contribution in [0.1, 0.15) is 35.0 Å². The summed E-state index contributed by atoms with van der Waals surface area (Å²) in [6, 6.07) is 0.801. The standard InChI is InChI=1S/C16H20N4OS2/c1-11-18-12(10-23-11)8-20-14-4-6-19(9-15-17-5-7-22-15)13(14)2-3-16(20)21/h5,7,10,13-14H,2-4,6,8-9H2,1H3/t13-,14-/m1/s1. The molecule has 2 aromatic heterocycles. The number of aryl methyl sites for hydroxylation is 1. The van der Waals surface area contributed by atoms with Gasteiger partial charge in [0.1, 0.15) is 5.01 Å². The van der Waals surface area contributed by atoms with Crippen molar-refractivity contribution in [2.24, 2.45) is 0 Å². The van der Waals surface area contributed by atoms with E-state index in [1.807, 2.05) is 18.5 Å². The Hall–Kier alpha value is -1.31. The summed E-state index contributed by atoms with van der Waals surface area (Å²) < 4.78 is 0. The van der Waals surface area contributed by atoms with Gasteiger partial charge in [0.25, 0.3) is 0 Å². The third-order valence-electron chi connectivity index (χ3n) is 4.82. The van der Waals surface area contributed by atoms with E-state index in [4.69, 9.17) is 0 Å². The molecule has 2 fully saturated rings. The number of aromatic nitrogens is 2. The van der Waals surface area contributed by atoms with Crippen LogP contribution >= 0.6 is 22.7 Å². The predicted octanol–water partition coefficient (Wildman–Crippen LogP) is 2.67. The average Bonchev–Trinajstić information content (AvgIpc) is 3.25. The molecule has 2 saturated heterocycles. The normalized spacial score (nSPS) is 25.1. The fourth-order valence-electron chi connectivity index (χ4n) is 3.80. The molecule has 0 radical (unpaired) electrons. The highest BCUT2D eigenvalue weighted by atomic mass is 32.1. The molecular formula is C16H20N4OS2. The topological polar surface area (TPSA) is 49.3 Å². The minimum Gasteiger partial charge on any atom is -0.332 e. The van der Waals surface area contributed by atoms with E-state index in [-0.39, 0.29) is 5.91 Å². The Labute approximate surface area is 144 Å². The van der Waals surface area contributed by atoms with Crippen LogP contribution in [0.3, 0.4) is 0 Å². The fourth-order valence-corrected chi connectivity index (χ4v) is 5.04. The summed E-state index contributed by atoms with van der Waals surface area (Å²) in [6.45, 7) is 4.64. The van der Waals surface area contributed by atoms with Gasteiger partial charge in [0.05, 0.1) is 23.8 Å². The molecule has 0 spiro atoms. The smallest absolute Gasteiger partial charge is 0.223 e. The molecule has 0 unspecified atom stereocenters. The van der Waals surface area contributed by atoms with E-state index in [1.165, 1.54) is 5.01 Å². The van der Waals surface area contributed by atoms with Crippen molar-refractivity contribution >= 4 is 28.6 Å². The molecule has 5 nitrogen and oxygen atoms in total. The molecule has 4 heterocycles. The quantitative estimate of drug-likeness (QED) is 0.852. The van der Waals surface area contributed by atoms with E-state index < -0.39 is 0 Å². The first kappa shape index (κ1) is 15.2. The summed E-state index contributed by atoms with van der Waals surface area (Å²) in [5.74, 6) is 0.285. The van der Waals surface area contributed by atoms with E-state index >= 15 is 0 Å². The van der Waals surface area contributed by atoms with Gasteiger partial charge in [0.2, 0.25) is 5.91 Å². The molecule has 1 amide bonds. The largest absolute Gasteiger partial charge is 0.332 e. The van der Waals surface area contributed by atoms with Crippen molar-refractivity contribution in [3.05, 3.63) is 32.7 Å². The van der Waals surface area contributed by atoms with E-state index in [9.17, 15) is 4.79 Å². The maximum Gasteiger partial charge on any atom is 0.223 e. The highest BCUT2D eigenvalue weighted by Crippen LogP contribution is 2.33. The third-order valence-corrected chi connectivity index (χ3v) is 6.41. The van der Waals surface area contributed by atoms with Crippen molar-refractivity contribution in [3.8, 4) is 0 Å². The number of carbonyl (C=O) groups is 1. The first-order chi connectivity index (χ1) is 11.2. The first-order valence-corrected chi connectivity index (χ1v) is 9.79. The highest BCUT2D eigenvalue weighted by molar-refractivity contribution is 7.09. The van der Waals surface area contributed by atoms with Crippen molar-refractivity contribution < 1.29 is 4.79 Å². The zero-order valence-corrected chi connectivity index (χ0v) is 14.8. The number of thiazole rings is 2. The molecule has 0 saturated carbocycles. The molecule has 7 heteroatoms. The van der Waals surface area contributed by atoms with E-state index in [0.29, 0.717) is 25.0 Å². The number of fused-ring (bicyclic) bond motifs is 1. The van der Waals surface area contributed by atoms with Gasteiger partial charge in [0.15, 0.2) is 0 Å². The molecule has 122 valence electrons. The monoisotopic (exact) mass is 348 g/mol. The molecule has 4 rings (SSSR count). The lowest BCUT2D eigenvalue weighted by atomic mass is 9.96. The fraction of sp³-hybridized carbons (Fsp3) is 0.562. The highest BCUT2D eigenvalue weighted by Gasteiger charge is 2.43. The zero-order chi connectivity index (χ0) is 15.8. The summed E-state index contributed by atoms with van der Waals surface area (Å²) in [6.07, 6.45) is 4.56. The Kier molecular flexibility index (Phi) is 4.17. The van der Waals surface area contributed by atoms with Crippen LogP contribution in [0.15, 0.2) is 17.0 Å². The summed E-state index contributed by atoms with van der Waals surface area (Å²) in [5.41, 5.74) is 1.03. The number of nitrogens with zero attached hydrogens (tertiary/aromatic N) is 4. The van der Waals surface area contributed by atoms with Crippen molar-refractivity contribution in [2.75, 3.05) is 6.54 Å². The number of hydrogen-bond donors (Lipinski definition) is 0. The summed E-state index contributed by atoms with van der Waals surface area (Å²) >= 11 is 3.37. The number of likely N-dealkylation sites (tertiary alicyclic amines) is 2. The summed E-state index contributed by atoms with van der Waals surface area (Å²) in [7, 11) is 0. The Balaban J connectivity index is 1.49. The minimum atomic E-state index is 0.285. The van der Waals surface area contributed by atoms with Crippen molar-refractivity contribution in [1.29, 1.82) is 0 Å². The second kappa shape index (κ2) is 6.30. The molecule has 0 N–H and O–H groups in total. The molecule has 0 aromatic carbocycles. The Morgan fingerprint density at radius 1 is 1.26 bits per heavy atom. The van der Waals surface area contributed by atoms with Crippen molar-refractivity contribution in [2.45, 2.75) is 51.4 Å². The van der Waals surface area contributed by atoms with E-state index in [1.54, 1.807) is 22.7 Å². The van der Waals surface area contributed by atoms with Crippen LogP contribution in [-0.2, 0) is 17.9 Å². The Morgan fingerprint density at radius 2 is 2.17 bits per heavy atom. The van der Waals surface area contributed by atoms with Crippen LogP contribution in [0.2, 0.25) is 0 Å². The van der Waals surface area contributed by atoms with E-state index in [2.05, 4.69) is 25.1 Å². The molecule has 0 aliphatic carbocycles. The molecule has 2 aliphatic rings. The van der Waals surface area contributed by atoms with Crippen molar-refractivity contribution in [1.82, 2.24) is 19.8 Å². The molecule has 2 atom stereocenters. The molecular weight excluding hydrogens is 328 g/mol. The Morgan fingerprint density at radius 3 is 2.91 bits per heavy atom. The predicted molar refractivity (Wildman–Crippen MR) is 91.4 cm³/mol. The number of carbonyl (C=O) groups excluding carboxylic acids is 1. The van der Waals surface area contributed by atoms with E-state index in [0.717, 1.165) is 36.6 Å². The van der Waals surface area contributed by atoms with Crippen LogP contribution in [0.25, 0.3) is 0 Å². The molecule has 23 heavy (non-hydrogen) atoms. The maximum atomic E-state index is 12.4. The second-order valence-corrected chi connectivity index (χ2v) is 8.28. The SMILES string of the molecule is Cc1nc(CN2C(=O)CC[C@@H]3[C@H]2CCN3Cc2nccs2)cs1. The third kappa shape index (κ3) is 3.05. The van der Waals surface area contributed by atoms with Crippen molar-refractivity contribution in [3.63, 3.8) is 0 Å². The number of amides is 1.